The average molecular weight is 429 g/mol. The van der Waals surface area contributed by atoms with Gasteiger partial charge in [0.2, 0.25) is 0 Å². The molecular formula is C25H28N6O. The summed E-state index contributed by atoms with van der Waals surface area (Å²) in [6.07, 6.45) is 11.2. The van der Waals surface area contributed by atoms with Gasteiger partial charge in [-0.05, 0) is 49.6 Å². The van der Waals surface area contributed by atoms with E-state index >= 15 is 0 Å². The van der Waals surface area contributed by atoms with E-state index in [1.807, 2.05) is 12.4 Å². The van der Waals surface area contributed by atoms with Crippen molar-refractivity contribution in [3.8, 4) is 6.07 Å². The lowest BCUT2D eigenvalue weighted by Gasteiger charge is -2.48. The van der Waals surface area contributed by atoms with Gasteiger partial charge in [-0.2, -0.15) is 5.26 Å². The van der Waals surface area contributed by atoms with E-state index in [2.05, 4.69) is 59.7 Å². The first-order valence-electron chi connectivity index (χ1n) is 11.1. The SMILES string of the molecule is CC1(C)CC(C2=CN/C(=C(/C#N)C=N)C(c3ccc(N4CC5CC(C4)N5)nc3)=C2)=CCO1. The van der Waals surface area contributed by atoms with Crippen molar-refractivity contribution in [2.75, 3.05) is 24.6 Å². The highest BCUT2D eigenvalue weighted by atomic mass is 16.5. The highest BCUT2D eigenvalue weighted by Crippen LogP contribution is 2.35. The highest BCUT2D eigenvalue weighted by Gasteiger charge is 2.36. The summed E-state index contributed by atoms with van der Waals surface area (Å²) < 4.78 is 5.83. The molecule has 0 aliphatic carbocycles. The van der Waals surface area contributed by atoms with Crippen LogP contribution in [-0.4, -0.2) is 48.6 Å². The minimum absolute atomic E-state index is 0.213. The van der Waals surface area contributed by atoms with E-state index in [1.165, 1.54) is 12.0 Å². The molecular weight excluding hydrogens is 400 g/mol. The van der Waals surface area contributed by atoms with Crippen LogP contribution in [0.15, 0.2) is 59.1 Å². The van der Waals surface area contributed by atoms with E-state index in [0.717, 1.165) is 48.3 Å². The fraction of sp³-hybridized carbons (Fsp3) is 0.400. The zero-order valence-electron chi connectivity index (χ0n) is 18.5. The van der Waals surface area contributed by atoms with Crippen molar-refractivity contribution in [3.05, 3.63) is 64.7 Å². The van der Waals surface area contributed by atoms with Crippen molar-refractivity contribution in [3.63, 3.8) is 0 Å². The molecule has 2 bridgehead atoms. The number of nitrogens with one attached hydrogen (secondary N) is 3. The van der Waals surface area contributed by atoms with Gasteiger partial charge in [-0.15, -0.1) is 0 Å². The molecule has 32 heavy (non-hydrogen) atoms. The largest absolute Gasteiger partial charge is 0.371 e. The minimum atomic E-state index is -0.213. The summed E-state index contributed by atoms with van der Waals surface area (Å²) in [5.74, 6) is 0.983. The van der Waals surface area contributed by atoms with Crippen molar-refractivity contribution in [2.45, 2.75) is 44.4 Å². The van der Waals surface area contributed by atoms with Gasteiger partial charge in [-0.3, -0.25) is 0 Å². The van der Waals surface area contributed by atoms with Gasteiger partial charge in [0.25, 0.3) is 0 Å². The van der Waals surface area contributed by atoms with E-state index in [9.17, 15) is 5.26 Å². The first-order chi connectivity index (χ1) is 15.5. The molecule has 164 valence electrons. The Kier molecular flexibility index (Phi) is 5.20. The Morgan fingerprint density at radius 2 is 2.12 bits per heavy atom. The number of dihydropyridines is 1. The molecule has 0 aromatic carbocycles. The van der Waals surface area contributed by atoms with E-state index in [0.29, 0.717) is 30.0 Å². The molecule has 5 aliphatic heterocycles. The second kappa shape index (κ2) is 8.05. The maximum Gasteiger partial charge on any atom is 0.128 e. The summed E-state index contributed by atoms with van der Waals surface area (Å²) >= 11 is 0. The van der Waals surface area contributed by atoms with Crippen molar-refractivity contribution >= 4 is 17.6 Å². The second-order valence-electron chi connectivity index (χ2n) is 9.43. The van der Waals surface area contributed by atoms with E-state index in [1.54, 1.807) is 0 Å². The molecule has 6 heterocycles. The number of rotatable bonds is 4. The van der Waals surface area contributed by atoms with Crippen LogP contribution in [0.3, 0.4) is 0 Å². The number of aromatic nitrogens is 1. The molecule has 7 nitrogen and oxygen atoms in total. The van der Waals surface area contributed by atoms with Gasteiger partial charge in [0, 0.05) is 61.3 Å². The number of piperidine rings is 1. The van der Waals surface area contributed by atoms with Crippen LogP contribution in [0.25, 0.3) is 5.57 Å². The van der Waals surface area contributed by atoms with Crippen LogP contribution in [0.2, 0.25) is 0 Å². The lowest BCUT2D eigenvalue weighted by molar-refractivity contribution is -0.00866. The first-order valence-corrected chi connectivity index (χ1v) is 11.1. The number of hydrogen-bond acceptors (Lipinski definition) is 7. The number of nitriles is 1. The Morgan fingerprint density at radius 3 is 2.75 bits per heavy atom. The number of anilines is 1. The Morgan fingerprint density at radius 1 is 1.34 bits per heavy atom. The number of piperazine rings is 1. The summed E-state index contributed by atoms with van der Waals surface area (Å²) in [6, 6.07) is 7.41. The fourth-order valence-corrected chi connectivity index (χ4v) is 4.90. The fourth-order valence-electron chi connectivity index (χ4n) is 4.90. The molecule has 0 spiro atoms. The number of allylic oxidation sites excluding steroid dienone is 4. The van der Waals surface area contributed by atoms with Crippen LogP contribution in [0.1, 0.15) is 32.3 Å². The lowest BCUT2D eigenvalue weighted by Crippen LogP contribution is -2.67. The third-order valence-electron chi connectivity index (χ3n) is 6.57. The quantitative estimate of drug-likeness (QED) is 0.504. The summed E-state index contributed by atoms with van der Waals surface area (Å²) in [5, 5.41) is 24.1. The number of pyridine rings is 1. The molecule has 1 aromatic rings. The molecule has 0 saturated carbocycles. The number of nitrogens with zero attached hydrogens (tertiary/aromatic N) is 3. The van der Waals surface area contributed by atoms with Crippen molar-refractivity contribution in [1.29, 1.82) is 10.7 Å². The zero-order chi connectivity index (χ0) is 22.3. The van der Waals surface area contributed by atoms with Gasteiger partial charge in [0.1, 0.15) is 11.9 Å². The molecule has 3 fully saturated rings. The van der Waals surface area contributed by atoms with Gasteiger partial charge < -0.3 is 25.7 Å². The Labute approximate surface area is 188 Å². The molecule has 3 saturated heterocycles. The summed E-state index contributed by atoms with van der Waals surface area (Å²) in [4.78, 5) is 7.09. The summed E-state index contributed by atoms with van der Waals surface area (Å²) in [5.41, 5.74) is 4.78. The standard InChI is InChI=1S/C25H28N6O/c1-25(2)9-16(5-6-32-25)18-7-22(24(29-13-18)19(10-26)11-27)17-3-4-23(28-12-17)31-14-20-8-21(15-31)30-20/h3-5,7,10,12-13,20-21,26,29-30H,6,8-9,14-15H2,1-2H3/b24-19+,26-10?. The Bertz CT molecular complexity index is 1090. The molecule has 1 aromatic heterocycles. The molecule has 0 radical (unpaired) electrons. The molecule has 0 amide bonds. The van der Waals surface area contributed by atoms with Gasteiger partial charge in [-0.25, -0.2) is 4.98 Å². The number of ether oxygens (including phenoxy) is 1. The first kappa shape index (κ1) is 20.7. The topological polar surface area (TPSA) is 97.1 Å². The Hall–Kier alpha value is -3.21. The highest BCUT2D eigenvalue weighted by molar-refractivity contribution is 5.93. The zero-order valence-corrected chi connectivity index (χ0v) is 18.5. The van der Waals surface area contributed by atoms with Crippen molar-refractivity contribution < 1.29 is 4.74 Å². The van der Waals surface area contributed by atoms with E-state index in [4.69, 9.17) is 15.1 Å². The van der Waals surface area contributed by atoms with E-state index < -0.39 is 0 Å². The Balaban J connectivity index is 1.47. The van der Waals surface area contributed by atoms with E-state index in [-0.39, 0.29) is 5.60 Å². The van der Waals surface area contributed by atoms with Crippen LogP contribution in [0.5, 0.6) is 0 Å². The summed E-state index contributed by atoms with van der Waals surface area (Å²) in [7, 11) is 0. The predicted molar refractivity (Wildman–Crippen MR) is 125 cm³/mol. The molecule has 2 atom stereocenters. The van der Waals surface area contributed by atoms with Gasteiger partial charge in [0.15, 0.2) is 0 Å². The normalized spacial score (nSPS) is 27.7. The van der Waals surface area contributed by atoms with Crippen LogP contribution >= 0.6 is 0 Å². The minimum Gasteiger partial charge on any atom is -0.371 e. The van der Waals surface area contributed by atoms with Gasteiger partial charge in [-0.1, -0.05) is 6.08 Å². The van der Waals surface area contributed by atoms with Crippen LogP contribution in [-0.2, 0) is 4.74 Å². The molecule has 3 N–H and O–H groups in total. The predicted octanol–water partition coefficient (Wildman–Crippen LogP) is 3.06. The maximum atomic E-state index is 9.57. The number of hydrogen-bond donors (Lipinski definition) is 3. The monoisotopic (exact) mass is 428 g/mol. The molecule has 5 aliphatic rings. The second-order valence-corrected chi connectivity index (χ2v) is 9.43. The lowest BCUT2D eigenvalue weighted by atomic mass is 9.87. The van der Waals surface area contributed by atoms with Crippen LogP contribution in [0.4, 0.5) is 5.82 Å². The third-order valence-corrected chi connectivity index (χ3v) is 6.57. The average Bonchev–Trinajstić information content (AvgIpc) is 2.79. The molecule has 6 rings (SSSR count). The van der Waals surface area contributed by atoms with Crippen molar-refractivity contribution in [1.82, 2.24) is 15.6 Å². The maximum absolute atomic E-state index is 9.57. The molecule has 2 unspecified atom stereocenters. The number of fused-ring (bicyclic) bond motifs is 2. The summed E-state index contributed by atoms with van der Waals surface area (Å²) in [6.45, 7) is 6.75. The third kappa shape index (κ3) is 3.88. The smallest absolute Gasteiger partial charge is 0.128 e. The van der Waals surface area contributed by atoms with Crippen LogP contribution < -0.4 is 15.5 Å². The van der Waals surface area contributed by atoms with Crippen LogP contribution in [0, 0.1) is 16.7 Å². The molecule has 7 heteroatoms. The van der Waals surface area contributed by atoms with Crippen molar-refractivity contribution in [2.24, 2.45) is 0 Å². The van der Waals surface area contributed by atoms with Gasteiger partial charge in [0.05, 0.1) is 23.5 Å². The van der Waals surface area contributed by atoms with Gasteiger partial charge >= 0.3 is 0 Å².